The Morgan fingerprint density at radius 3 is 2.60 bits per heavy atom. The Kier molecular flexibility index (Phi) is 4.03. The Balaban J connectivity index is 1.77. The highest BCUT2D eigenvalue weighted by Gasteiger charge is 2.44. The standard InChI is InChI=1S/C16H21F2NO/c1-2-19-15(12-8-10-6-7-16(12)20-10)9-11-13(17)4-3-5-14(11)18/h3-5,10,12,15-16,19H,2,6-9H2,1H3. The van der Waals surface area contributed by atoms with E-state index in [0.717, 1.165) is 25.8 Å². The van der Waals surface area contributed by atoms with Crippen LogP contribution in [0.4, 0.5) is 8.78 Å². The molecule has 0 saturated carbocycles. The van der Waals surface area contributed by atoms with Gasteiger partial charge in [-0.3, -0.25) is 0 Å². The summed E-state index contributed by atoms with van der Waals surface area (Å²) in [6.45, 7) is 2.83. The molecule has 0 amide bonds. The van der Waals surface area contributed by atoms with E-state index in [-0.39, 0.29) is 17.7 Å². The van der Waals surface area contributed by atoms with Crippen molar-refractivity contribution in [3.8, 4) is 0 Å². The number of rotatable bonds is 5. The first kappa shape index (κ1) is 14.0. The number of nitrogens with one attached hydrogen (secondary N) is 1. The second-order valence-corrected chi connectivity index (χ2v) is 5.84. The van der Waals surface area contributed by atoms with Crippen LogP contribution in [0.2, 0.25) is 0 Å². The Labute approximate surface area is 118 Å². The highest BCUT2D eigenvalue weighted by Crippen LogP contribution is 2.41. The smallest absolute Gasteiger partial charge is 0.129 e. The Bertz CT molecular complexity index is 459. The van der Waals surface area contributed by atoms with Crippen molar-refractivity contribution >= 4 is 0 Å². The van der Waals surface area contributed by atoms with Crippen molar-refractivity contribution in [2.45, 2.75) is 50.9 Å². The fourth-order valence-electron chi connectivity index (χ4n) is 3.68. The number of benzene rings is 1. The molecule has 2 heterocycles. The molecule has 0 aromatic heterocycles. The number of fused-ring (bicyclic) bond motifs is 2. The Morgan fingerprint density at radius 1 is 1.30 bits per heavy atom. The predicted molar refractivity (Wildman–Crippen MR) is 73.5 cm³/mol. The number of halogens is 2. The second-order valence-electron chi connectivity index (χ2n) is 5.84. The van der Waals surface area contributed by atoms with E-state index in [1.165, 1.54) is 18.2 Å². The minimum Gasteiger partial charge on any atom is -0.375 e. The summed E-state index contributed by atoms with van der Waals surface area (Å²) in [5.41, 5.74) is 0.196. The van der Waals surface area contributed by atoms with E-state index in [2.05, 4.69) is 5.32 Å². The number of likely N-dealkylation sites (N-methyl/N-ethyl adjacent to an activating group) is 1. The van der Waals surface area contributed by atoms with E-state index in [4.69, 9.17) is 4.74 Å². The zero-order valence-electron chi connectivity index (χ0n) is 11.7. The van der Waals surface area contributed by atoms with Crippen molar-refractivity contribution in [1.29, 1.82) is 0 Å². The van der Waals surface area contributed by atoms with Gasteiger partial charge in [-0.1, -0.05) is 13.0 Å². The zero-order valence-corrected chi connectivity index (χ0v) is 11.7. The highest BCUT2D eigenvalue weighted by atomic mass is 19.1. The molecule has 2 nitrogen and oxygen atoms in total. The molecule has 0 aliphatic carbocycles. The van der Waals surface area contributed by atoms with Gasteiger partial charge in [0.1, 0.15) is 11.6 Å². The van der Waals surface area contributed by atoms with Crippen molar-refractivity contribution in [2.24, 2.45) is 5.92 Å². The molecule has 0 spiro atoms. The van der Waals surface area contributed by atoms with Crippen molar-refractivity contribution in [2.75, 3.05) is 6.54 Å². The quantitative estimate of drug-likeness (QED) is 0.895. The molecule has 4 atom stereocenters. The average Bonchev–Trinajstić information content (AvgIpc) is 3.04. The van der Waals surface area contributed by atoms with E-state index in [1.54, 1.807) is 0 Å². The fraction of sp³-hybridized carbons (Fsp3) is 0.625. The van der Waals surface area contributed by atoms with Crippen LogP contribution in [0.1, 0.15) is 31.7 Å². The van der Waals surface area contributed by atoms with Gasteiger partial charge in [0, 0.05) is 17.5 Å². The van der Waals surface area contributed by atoms with E-state index < -0.39 is 11.6 Å². The Hall–Kier alpha value is -1.00. The normalized spacial score (nSPS) is 29.9. The summed E-state index contributed by atoms with van der Waals surface area (Å²) < 4.78 is 33.5. The van der Waals surface area contributed by atoms with Crippen LogP contribution in [0.25, 0.3) is 0 Å². The zero-order chi connectivity index (χ0) is 14.1. The lowest BCUT2D eigenvalue weighted by molar-refractivity contribution is 0.0857. The summed E-state index contributed by atoms with van der Waals surface area (Å²) in [6.07, 6.45) is 4.24. The van der Waals surface area contributed by atoms with Crippen LogP contribution >= 0.6 is 0 Å². The lowest BCUT2D eigenvalue weighted by Gasteiger charge is -2.29. The SMILES string of the molecule is CCNC(Cc1c(F)cccc1F)C1CC2CCC1O2. The first-order valence-corrected chi connectivity index (χ1v) is 7.50. The van der Waals surface area contributed by atoms with Gasteiger partial charge in [-0.05, 0) is 44.4 Å². The predicted octanol–water partition coefficient (Wildman–Crippen LogP) is 3.05. The molecule has 2 saturated heterocycles. The van der Waals surface area contributed by atoms with Gasteiger partial charge in [0.2, 0.25) is 0 Å². The molecule has 20 heavy (non-hydrogen) atoms. The first-order chi connectivity index (χ1) is 9.69. The summed E-state index contributed by atoms with van der Waals surface area (Å²) in [6, 6.07) is 4.16. The molecule has 2 aliphatic heterocycles. The second kappa shape index (κ2) is 5.78. The van der Waals surface area contributed by atoms with Gasteiger partial charge in [0.25, 0.3) is 0 Å². The molecule has 2 fully saturated rings. The summed E-state index contributed by atoms with van der Waals surface area (Å²) in [4.78, 5) is 0. The average molecular weight is 281 g/mol. The third kappa shape index (κ3) is 2.59. The van der Waals surface area contributed by atoms with E-state index >= 15 is 0 Å². The third-order valence-corrected chi connectivity index (χ3v) is 4.62. The minimum absolute atomic E-state index is 0.0849. The molecule has 2 aliphatic rings. The molecule has 1 aromatic carbocycles. The van der Waals surface area contributed by atoms with E-state index in [1.807, 2.05) is 6.92 Å². The molecule has 0 radical (unpaired) electrons. The van der Waals surface area contributed by atoms with E-state index in [9.17, 15) is 8.78 Å². The van der Waals surface area contributed by atoms with Crippen LogP contribution in [-0.4, -0.2) is 24.8 Å². The van der Waals surface area contributed by atoms with Gasteiger partial charge in [-0.2, -0.15) is 0 Å². The summed E-state index contributed by atoms with van der Waals surface area (Å²) in [5.74, 6) is -0.526. The highest BCUT2D eigenvalue weighted by molar-refractivity contribution is 5.21. The molecular weight excluding hydrogens is 260 g/mol. The fourth-order valence-corrected chi connectivity index (χ4v) is 3.68. The summed E-state index contributed by atoms with van der Waals surface area (Å²) in [7, 11) is 0. The maximum absolute atomic E-state index is 13.8. The lowest BCUT2D eigenvalue weighted by Crippen LogP contribution is -2.42. The van der Waals surface area contributed by atoms with Crippen LogP contribution < -0.4 is 5.32 Å². The van der Waals surface area contributed by atoms with Crippen molar-refractivity contribution in [3.05, 3.63) is 35.4 Å². The molecule has 1 aromatic rings. The minimum atomic E-state index is -0.447. The summed E-state index contributed by atoms with van der Waals surface area (Å²) >= 11 is 0. The van der Waals surface area contributed by atoms with Gasteiger partial charge in [0.15, 0.2) is 0 Å². The number of hydrogen-bond acceptors (Lipinski definition) is 2. The number of hydrogen-bond donors (Lipinski definition) is 1. The molecule has 110 valence electrons. The monoisotopic (exact) mass is 281 g/mol. The summed E-state index contributed by atoms with van der Waals surface area (Å²) in [5, 5.41) is 3.40. The van der Waals surface area contributed by atoms with Gasteiger partial charge < -0.3 is 10.1 Å². The van der Waals surface area contributed by atoms with Crippen LogP contribution in [0, 0.1) is 17.6 Å². The van der Waals surface area contributed by atoms with Gasteiger partial charge >= 0.3 is 0 Å². The van der Waals surface area contributed by atoms with Crippen LogP contribution in [-0.2, 0) is 11.2 Å². The van der Waals surface area contributed by atoms with Crippen molar-refractivity contribution < 1.29 is 13.5 Å². The maximum Gasteiger partial charge on any atom is 0.129 e. The van der Waals surface area contributed by atoms with Gasteiger partial charge in [0.05, 0.1) is 12.2 Å². The molecule has 4 unspecified atom stereocenters. The topological polar surface area (TPSA) is 21.3 Å². The van der Waals surface area contributed by atoms with Gasteiger partial charge in [-0.15, -0.1) is 0 Å². The van der Waals surface area contributed by atoms with Crippen LogP contribution in [0.15, 0.2) is 18.2 Å². The largest absolute Gasteiger partial charge is 0.375 e. The molecular formula is C16H21F2NO. The van der Waals surface area contributed by atoms with Crippen molar-refractivity contribution in [1.82, 2.24) is 5.32 Å². The maximum atomic E-state index is 13.8. The van der Waals surface area contributed by atoms with Crippen LogP contribution in [0.3, 0.4) is 0 Å². The molecule has 4 heteroatoms. The Morgan fingerprint density at radius 2 is 2.05 bits per heavy atom. The molecule has 3 rings (SSSR count). The van der Waals surface area contributed by atoms with E-state index in [0.29, 0.717) is 18.4 Å². The first-order valence-electron chi connectivity index (χ1n) is 7.50. The van der Waals surface area contributed by atoms with Crippen LogP contribution in [0.5, 0.6) is 0 Å². The lowest BCUT2D eigenvalue weighted by atomic mass is 9.81. The molecule has 2 bridgehead atoms. The van der Waals surface area contributed by atoms with Gasteiger partial charge in [-0.25, -0.2) is 8.78 Å². The van der Waals surface area contributed by atoms with Crippen molar-refractivity contribution in [3.63, 3.8) is 0 Å². The number of ether oxygens (including phenoxy) is 1. The third-order valence-electron chi connectivity index (χ3n) is 4.62. The molecule has 1 N–H and O–H groups in total.